The molecule has 2 aromatic carbocycles. The summed E-state index contributed by atoms with van der Waals surface area (Å²) in [6.07, 6.45) is 3.00. The minimum atomic E-state index is -0.883. The number of piperidine rings is 1. The first-order valence-electron chi connectivity index (χ1n) is 11.2. The number of nitrogens with zero attached hydrogens (tertiary/aromatic N) is 2. The summed E-state index contributed by atoms with van der Waals surface area (Å²) in [7, 11) is 0. The zero-order valence-electron chi connectivity index (χ0n) is 18.4. The quantitative estimate of drug-likeness (QED) is 0.391. The lowest BCUT2D eigenvalue weighted by Gasteiger charge is -2.34. The Hall–Kier alpha value is -3.35. The molecule has 1 aliphatic heterocycles. The molecule has 7 nitrogen and oxygen atoms in total. The molecule has 0 unspecified atom stereocenters. The molecule has 0 spiro atoms. The summed E-state index contributed by atoms with van der Waals surface area (Å²) >= 11 is 0. The lowest BCUT2D eigenvalue weighted by Crippen LogP contribution is -2.39. The highest BCUT2D eigenvalue weighted by Crippen LogP contribution is 2.26. The molecule has 3 rings (SSSR count). The average molecular weight is 437 g/mol. The van der Waals surface area contributed by atoms with Crippen LogP contribution in [0.15, 0.2) is 54.6 Å². The van der Waals surface area contributed by atoms with Gasteiger partial charge in [-0.15, -0.1) is 0 Å². The van der Waals surface area contributed by atoms with Crippen LogP contribution in [0.1, 0.15) is 36.8 Å². The van der Waals surface area contributed by atoms with Crippen LogP contribution in [0.5, 0.6) is 0 Å². The van der Waals surface area contributed by atoms with E-state index in [-0.39, 0.29) is 24.7 Å². The predicted octanol–water partition coefficient (Wildman–Crippen LogP) is 3.12. The molecule has 0 radical (unpaired) electrons. The Labute approximate surface area is 189 Å². The van der Waals surface area contributed by atoms with E-state index in [2.05, 4.69) is 4.90 Å². The number of nitrogens with one attached hydrogen (secondary N) is 1. The third kappa shape index (κ3) is 6.83. The molecule has 0 aliphatic carbocycles. The summed E-state index contributed by atoms with van der Waals surface area (Å²) in [6.45, 7) is 2.53. The molecule has 1 saturated heterocycles. The molecule has 7 heteroatoms. The average Bonchev–Trinajstić information content (AvgIpc) is 2.80. The van der Waals surface area contributed by atoms with Gasteiger partial charge in [-0.1, -0.05) is 30.3 Å². The Bertz CT molecular complexity index is 907. The number of carboxylic acids is 1. The van der Waals surface area contributed by atoms with E-state index in [9.17, 15) is 9.59 Å². The first-order chi connectivity index (χ1) is 15.4. The normalized spacial score (nSPS) is 14.2. The van der Waals surface area contributed by atoms with Crippen molar-refractivity contribution in [1.82, 2.24) is 4.90 Å². The van der Waals surface area contributed by atoms with Crippen molar-refractivity contribution in [2.45, 2.75) is 32.1 Å². The number of amides is 1. The van der Waals surface area contributed by atoms with Gasteiger partial charge in [0.25, 0.3) is 0 Å². The first kappa shape index (κ1) is 23.3. The third-order valence-electron chi connectivity index (χ3n) is 6.08. The number of nitrogens with two attached hydrogens (primary N) is 1. The molecule has 32 heavy (non-hydrogen) atoms. The number of rotatable bonds is 10. The maximum absolute atomic E-state index is 13.0. The number of nitrogen functional groups attached to an aromatic ring is 1. The Morgan fingerprint density at radius 1 is 1.03 bits per heavy atom. The lowest BCUT2D eigenvalue weighted by atomic mass is 9.92. The van der Waals surface area contributed by atoms with Crippen LogP contribution in [0.3, 0.4) is 0 Å². The van der Waals surface area contributed by atoms with Crippen molar-refractivity contribution in [3.05, 3.63) is 65.7 Å². The molecular weight excluding hydrogens is 404 g/mol. The number of carbonyl (C=O) groups is 2. The van der Waals surface area contributed by atoms with E-state index in [1.54, 1.807) is 4.90 Å². The van der Waals surface area contributed by atoms with Gasteiger partial charge in [0.15, 0.2) is 0 Å². The second-order valence-electron chi connectivity index (χ2n) is 8.36. The van der Waals surface area contributed by atoms with Crippen LogP contribution in [-0.2, 0) is 16.0 Å². The summed E-state index contributed by atoms with van der Waals surface area (Å²) in [6, 6.07) is 17.7. The second-order valence-corrected chi connectivity index (χ2v) is 8.36. The van der Waals surface area contributed by atoms with Crippen LogP contribution in [0, 0.1) is 11.3 Å². The van der Waals surface area contributed by atoms with Crippen molar-refractivity contribution in [3.63, 3.8) is 0 Å². The zero-order valence-corrected chi connectivity index (χ0v) is 18.4. The van der Waals surface area contributed by atoms with Crippen molar-refractivity contribution in [1.29, 1.82) is 5.41 Å². The fraction of sp³-hybridized carbons (Fsp3) is 0.400. The molecule has 2 aromatic rings. The van der Waals surface area contributed by atoms with E-state index < -0.39 is 5.97 Å². The van der Waals surface area contributed by atoms with Crippen LogP contribution in [0.25, 0.3) is 0 Å². The Morgan fingerprint density at radius 3 is 2.28 bits per heavy atom. The standard InChI is InChI=1S/C25H32N4O3/c26-25(27)21-6-8-22(9-7-21)28-14-11-20(12-15-28)18-23(30)29(17-13-24(31)32)16-10-19-4-2-1-3-5-19/h1-9,20H,10-18H2,(H3,26,27)(H,31,32). The van der Waals surface area contributed by atoms with Gasteiger partial charge in [0, 0.05) is 43.9 Å². The molecule has 0 bridgehead atoms. The van der Waals surface area contributed by atoms with Crippen molar-refractivity contribution < 1.29 is 14.7 Å². The maximum atomic E-state index is 13.0. The summed E-state index contributed by atoms with van der Waals surface area (Å²) in [4.78, 5) is 28.1. The zero-order chi connectivity index (χ0) is 22.9. The number of hydrogen-bond donors (Lipinski definition) is 3. The van der Waals surface area contributed by atoms with E-state index in [1.807, 2.05) is 54.6 Å². The van der Waals surface area contributed by atoms with Gasteiger partial charge >= 0.3 is 5.97 Å². The summed E-state index contributed by atoms with van der Waals surface area (Å²) < 4.78 is 0. The van der Waals surface area contributed by atoms with Crippen LogP contribution < -0.4 is 10.6 Å². The van der Waals surface area contributed by atoms with Crippen LogP contribution in [0.4, 0.5) is 5.69 Å². The molecular formula is C25H32N4O3. The Kier molecular flexibility index (Phi) is 8.25. The van der Waals surface area contributed by atoms with Gasteiger partial charge in [0.2, 0.25) is 5.91 Å². The van der Waals surface area contributed by atoms with E-state index >= 15 is 0 Å². The van der Waals surface area contributed by atoms with E-state index in [4.69, 9.17) is 16.2 Å². The smallest absolute Gasteiger partial charge is 0.305 e. The molecule has 170 valence electrons. The van der Waals surface area contributed by atoms with Crippen LogP contribution in [-0.4, -0.2) is 53.9 Å². The molecule has 0 atom stereocenters. The fourth-order valence-electron chi connectivity index (χ4n) is 4.12. The summed E-state index contributed by atoms with van der Waals surface area (Å²) in [5.74, 6) is -0.467. The van der Waals surface area contributed by atoms with Crippen molar-refractivity contribution in [3.8, 4) is 0 Å². The van der Waals surface area contributed by atoms with Gasteiger partial charge in [0.1, 0.15) is 5.84 Å². The molecule has 1 amide bonds. The summed E-state index contributed by atoms with van der Waals surface area (Å²) in [5.41, 5.74) is 8.48. The van der Waals surface area contributed by atoms with Gasteiger partial charge in [-0.2, -0.15) is 0 Å². The van der Waals surface area contributed by atoms with Gasteiger partial charge in [-0.3, -0.25) is 15.0 Å². The van der Waals surface area contributed by atoms with Crippen LogP contribution >= 0.6 is 0 Å². The highest BCUT2D eigenvalue weighted by molar-refractivity contribution is 5.95. The number of aliphatic carboxylic acids is 1. The van der Waals surface area contributed by atoms with E-state index in [1.165, 1.54) is 0 Å². The molecule has 1 aliphatic rings. The molecule has 0 aromatic heterocycles. The number of benzene rings is 2. The Morgan fingerprint density at radius 2 is 1.69 bits per heavy atom. The minimum absolute atomic E-state index is 0.0325. The Balaban J connectivity index is 1.51. The van der Waals surface area contributed by atoms with E-state index in [0.29, 0.717) is 24.4 Å². The highest BCUT2D eigenvalue weighted by Gasteiger charge is 2.24. The number of carbonyl (C=O) groups excluding carboxylic acids is 1. The van der Waals surface area contributed by atoms with Gasteiger partial charge in [-0.05, 0) is 55.0 Å². The molecule has 0 saturated carbocycles. The number of hydrogen-bond acceptors (Lipinski definition) is 4. The van der Waals surface area contributed by atoms with E-state index in [0.717, 1.165) is 43.6 Å². The lowest BCUT2D eigenvalue weighted by molar-refractivity contribution is -0.138. The SMILES string of the molecule is N=C(N)c1ccc(N2CCC(CC(=O)N(CCC(=O)O)CCc3ccccc3)CC2)cc1. The highest BCUT2D eigenvalue weighted by atomic mass is 16.4. The largest absolute Gasteiger partial charge is 0.481 e. The number of carboxylic acid groups (broad SMARTS) is 1. The van der Waals surface area contributed by atoms with Gasteiger partial charge in [-0.25, -0.2) is 0 Å². The minimum Gasteiger partial charge on any atom is -0.481 e. The predicted molar refractivity (Wildman–Crippen MR) is 126 cm³/mol. The molecule has 1 heterocycles. The molecule has 4 N–H and O–H groups in total. The van der Waals surface area contributed by atoms with Crippen LogP contribution in [0.2, 0.25) is 0 Å². The van der Waals surface area contributed by atoms with Crippen molar-refractivity contribution in [2.75, 3.05) is 31.1 Å². The fourth-order valence-corrected chi connectivity index (χ4v) is 4.12. The topological polar surface area (TPSA) is 111 Å². The summed E-state index contributed by atoms with van der Waals surface area (Å²) in [5, 5.41) is 16.6. The first-order valence-corrected chi connectivity index (χ1v) is 11.2. The monoisotopic (exact) mass is 436 g/mol. The maximum Gasteiger partial charge on any atom is 0.305 e. The van der Waals surface area contributed by atoms with Crippen molar-refractivity contribution in [2.24, 2.45) is 11.7 Å². The van der Waals surface area contributed by atoms with Gasteiger partial charge in [0.05, 0.1) is 6.42 Å². The van der Waals surface area contributed by atoms with Gasteiger partial charge < -0.3 is 20.6 Å². The van der Waals surface area contributed by atoms with Crippen molar-refractivity contribution >= 4 is 23.4 Å². The third-order valence-corrected chi connectivity index (χ3v) is 6.08. The number of anilines is 1. The number of amidine groups is 1. The second kappa shape index (κ2) is 11.3. The molecule has 1 fully saturated rings.